The first-order chi connectivity index (χ1) is 20.9. The number of rotatable bonds is 6. The highest BCUT2D eigenvalue weighted by atomic mass is 79.9. The number of amides is 1. The molecule has 14 heteroatoms. The van der Waals surface area contributed by atoms with Crippen molar-refractivity contribution < 1.29 is 23.1 Å². The van der Waals surface area contributed by atoms with Gasteiger partial charge in [0.2, 0.25) is 0 Å². The molecule has 0 saturated carbocycles. The van der Waals surface area contributed by atoms with Gasteiger partial charge in [-0.15, -0.1) is 5.10 Å². The summed E-state index contributed by atoms with van der Waals surface area (Å²) in [5.41, 5.74) is 2.93. The predicted molar refractivity (Wildman–Crippen MR) is 160 cm³/mol. The predicted octanol–water partition coefficient (Wildman–Crippen LogP) is 4.79. The molecular formula is C30H29BrF3N7O3. The van der Waals surface area contributed by atoms with Crippen LogP contribution in [0.5, 0.6) is 0 Å². The lowest BCUT2D eigenvalue weighted by Gasteiger charge is -2.35. The van der Waals surface area contributed by atoms with E-state index in [0.717, 1.165) is 11.6 Å². The Morgan fingerprint density at radius 1 is 1.18 bits per heavy atom. The van der Waals surface area contributed by atoms with Crippen LogP contribution < -0.4 is 5.56 Å². The van der Waals surface area contributed by atoms with E-state index in [1.807, 2.05) is 0 Å². The van der Waals surface area contributed by atoms with Gasteiger partial charge in [-0.3, -0.25) is 14.2 Å². The Morgan fingerprint density at radius 3 is 2.66 bits per heavy atom. The van der Waals surface area contributed by atoms with Gasteiger partial charge in [0, 0.05) is 27.2 Å². The van der Waals surface area contributed by atoms with Gasteiger partial charge in [-0.05, 0) is 62.1 Å². The van der Waals surface area contributed by atoms with Gasteiger partial charge in [0.1, 0.15) is 11.2 Å². The molecule has 4 heterocycles. The summed E-state index contributed by atoms with van der Waals surface area (Å²) in [5, 5.41) is 22.3. The minimum atomic E-state index is -4.63. The molecule has 0 radical (unpaired) electrons. The van der Waals surface area contributed by atoms with Crippen molar-refractivity contribution in [3.63, 3.8) is 0 Å². The number of alkyl halides is 3. The smallest absolute Gasteiger partial charge is 0.394 e. The van der Waals surface area contributed by atoms with E-state index in [4.69, 9.17) is 0 Å². The van der Waals surface area contributed by atoms with E-state index in [0.29, 0.717) is 40.0 Å². The zero-order valence-corrected chi connectivity index (χ0v) is 25.7. The van der Waals surface area contributed by atoms with Gasteiger partial charge in [0.05, 0.1) is 48.4 Å². The summed E-state index contributed by atoms with van der Waals surface area (Å²) in [4.78, 5) is 29.4. The monoisotopic (exact) mass is 671 g/mol. The minimum absolute atomic E-state index is 0.00333. The van der Waals surface area contributed by atoms with Crippen LogP contribution in [-0.4, -0.2) is 57.7 Å². The maximum atomic E-state index is 14.3. The molecule has 1 aliphatic rings. The highest BCUT2D eigenvalue weighted by molar-refractivity contribution is 9.10. The molecule has 0 fully saturated rings. The first-order valence-electron chi connectivity index (χ1n) is 14.1. The lowest BCUT2D eigenvalue weighted by Crippen LogP contribution is -2.46. The Balaban J connectivity index is 1.49. The number of carbonyl (C=O) groups is 1. The fourth-order valence-electron chi connectivity index (χ4n) is 5.88. The summed E-state index contributed by atoms with van der Waals surface area (Å²) in [7, 11) is 0. The molecule has 1 N–H and O–H groups in total. The Morgan fingerprint density at radius 2 is 1.95 bits per heavy atom. The average molecular weight is 673 g/mol. The summed E-state index contributed by atoms with van der Waals surface area (Å²) >= 11 is 2.93. The third kappa shape index (κ3) is 5.09. The lowest BCUT2D eigenvalue weighted by molar-refractivity contribution is -0.138. The number of aliphatic hydroxyl groups excluding tert-OH is 1. The van der Waals surface area contributed by atoms with Crippen LogP contribution in [0.3, 0.4) is 0 Å². The quantitative estimate of drug-likeness (QED) is 0.278. The van der Waals surface area contributed by atoms with E-state index >= 15 is 0 Å². The van der Waals surface area contributed by atoms with Crippen molar-refractivity contribution in [3.8, 4) is 5.69 Å². The van der Waals surface area contributed by atoms with Crippen molar-refractivity contribution in [2.45, 2.75) is 58.9 Å². The van der Waals surface area contributed by atoms with Gasteiger partial charge in [0.15, 0.2) is 0 Å². The molecule has 6 rings (SSSR count). The van der Waals surface area contributed by atoms with Crippen molar-refractivity contribution in [1.29, 1.82) is 0 Å². The molecule has 2 aromatic carbocycles. The Labute approximate surface area is 257 Å². The molecule has 230 valence electrons. The van der Waals surface area contributed by atoms with Crippen LogP contribution >= 0.6 is 15.9 Å². The first kappa shape index (κ1) is 30.0. The topological polar surface area (TPSA) is 111 Å². The molecule has 0 aliphatic carbocycles. The maximum Gasteiger partial charge on any atom is 0.417 e. The van der Waals surface area contributed by atoms with Crippen LogP contribution in [-0.2, 0) is 32.1 Å². The normalized spacial score (nSPS) is 15.5. The first-order valence-corrected chi connectivity index (χ1v) is 14.9. The number of hydrogen-bond donors (Lipinski definition) is 1. The number of nitrogens with zero attached hydrogens (tertiary/aromatic N) is 7. The molecule has 1 unspecified atom stereocenters. The molecule has 44 heavy (non-hydrogen) atoms. The van der Waals surface area contributed by atoms with Crippen molar-refractivity contribution in [3.05, 3.63) is 85.4 Å². The molecule has 1 atom stereocenters. The molecule has 1 aliphatic heterocycles. The van der Waals surface area contributed by atoms with Gasteiger partial charge < -0.3 is 10.0 Å². The van der Waals surface area contributed by atoms with Crippen LogP contribution in [0.2, 0.25) is 0 Å². The average Bonchev–Trinajstić information content (AvgIpc) is 3.56. The van der Waals surface area contributed by atoms with E-state index in [1.165, 1.54) is 17.0 Å². The summed E-state index contributed by atoms with van der Waals surface area (Å²) in [5.74, 6) is -0.314. The van der Waals surface area contributed by atoms with E-state index in [2.05, 4.69) is 45.2 Å². The van der Waals surface area contributed by atoms with Gasteiger partial charge in [-0.2, -0.15) is 18.3 Å². The number of aliphatic hydroxyl groups is 1. The molecule has 10 nitrogen and oxygen atoms in total. The summed E-state index contributed by atoms with van der Waals surface area (Å²) < 4.78 is 45.5. The van der Waals surface area contributed by atoms with Crippen LogP contribution in [0, 0.1) is 5.92 Å². The van der Waals surface area contributed by atoms with Gasteiger partial charge >= 0.3 is 6.18 Å². The van der Waals surface area contributed by atoms with Crippen molar-refractivity contribution in [1.82, 2.24) is 34.1 Å². The number of fused-ring (bicyclic) bond motifs is 4. The van der Waals surface area contributed by atoms with E-state index in [9.17, 15) is 27.9 Å². The van der Waals surface area contributed by atoms with Crippen LogP contribution in [0.25, 0.3) is 22.4 Å². The van der Waals surface area contributed by atoms with Crippen molar-refractivity contribution in [2.75, 3.05) is 6.61 Å². The van der Waals surface area contributed by atoms with Crippen LogP contribution in [0.15, 0.2) is 51.9 Å². The molecule has 3 aromatic heterocycles. The van der Waals surface area contributed by atoms with Crippen molar-refractivity contribution >= 4 is 38.5 Å². The molecule has 1 amide bonds. The second-order valence-electron chi connectivity index (χ2n) is 11.5. The Hall–Kier alpha value is -4.04. The second kappa shape index (κ2) is 11.1. The lowest BCUT2D eigenvalue weighted by atomic mass is 9.97. The number of benzene rings is 2. The molecule has 5 aromatic rings. The number of hydrogen-bond acceptors (Lipinski definition) is 6. The standard InChI is InChI=1S/C30H29BrF3N7O3/c1-16(2)10-19-14-35-41-26-15-38(28(43)18-4-6-23(31)22(12-18)30(32,33)34)17(3)11-21(26)29(44)40(27(19)41)20-5-7-25-24(13-20)36-37-39(25)8-9-42/h4-7,12-14,16-17,42H,8-11,15H2,1-3H3. The third-order valence-electron chi connectivity index (χ3n) is 7.92. The van der Waals surface area contributed by atoms with E-state index in [-0.39, 0.29) is 47.6 Å². The molecular weight excluding hydrogens is 643 g/mol. The largest absolute Gasteiger partial charge is 0.417 e. The fraction of sp³-hybridized carbons (Fsp3) is 0.367. The van der Waals surface area contributed by atoms with Gasteiger partial charge in [0.25, 0.3) is 11.5 Å². The number of aromatic nitrogens is 6. The molecule has 0 bridgehead atoms. The zero-order chi connectivity index (χ0) is 31.5. The SMILES string of the molecule is CC(C)Cc1cnn2c3c(c(=O)n(-c4ccc5c(c4)nnn5CCO)c12)CC(C)N(C(=O)c1ccc(Br)c(C(F)(F)F)c1)C3. The Bertz CT molecular complexity index is 1980. The number of halogens is 4. The van der Waals surface area contributed by atoms with E-state index < -0.39 is 23.7 Å². The summed E-state index contributed by atoms with van der Waals surface area (Å²) in [6.07, 6.45) is -2.10. The Kier molecular flexibility index (Phi) is 7.60. The third-order valence-corrected chi connectivity index (χ3v) is 8.61. The summed E-state index contributed by atoms with van der Waals surface area (Å²) in [6.45, 7) is 6.08. The van der Waals surface area contributed by atoms with E-state index in [1.54, 1.807) is 45.1 Å². The van der Waals surface area contributed by atoms with Crippen LogP contribution in [0.4, 0.5) is 13.2 Å². The van der Waals surface area contributed by atoms with Gasteiger partial charge in [-0.1, -0.05) is 35.0 Å². The molecule has 0 saturated heterocycles. The zero-order valence-electron chi connectivity index (χ0n) is 24.1. The highest BCUT2D eigenvalue weighted by Crippen LogP contribution is 2.36. The van der Waals surface area contributed by atoms with Crippen molar-refractivity contribution in [2.24, 2.45) is 5.92 Å². The fourth-order valence-corrected chi connectivity index (χ4v) is 6.35. The number of carbonyl (C=O) groups excluding carboxylic acids is 1. The van der Waals surface area contributed by atoms with Gasteiger partial charge in [-0.25, -0.2) is 9.20 Å². The maximum absolute atomic E-state index is 14.3. The minimum Gasteiger partial charge on any atom is -0.394 e. The highest BCUT2D eigenvalue weighted by Gasteiger charge is 2.36. The second-order valence-corrected chi connectivity index (χ2v) is 12.3. The summed E-state index contributed by atoms with van der Waals surface area (Å²) in [6, 6.07) is 8.33. The molecule has 0 spiro atoms. The van der Waals surface area contributed by atoms with Crippen LogP contribution in [0.1, 0.15) is 53.5 Å².